The van der Waals surface area contributed by atoms with Crippen molar-refractivity contribution >= 4 is 13.3 Å². The van der Waals surface area contributed by atoms with Crippen LogP contribution in [0.5, 0.6) is 0 Å². The van der Waals surface area contributed by atoms with Crippen LogP contribution in [-0.4, -0.2) is 17.6 Å². The molecule has 0 spiro atoms. The van der Waals surface area contributed by atoms with Crippen LogP contribution >= 0.6 is 0 Å². The zero-order chi connectivity index (χ0) is 10.1. The first kappa shape index (κ1) is 9.07. The molecule has 1 aromatic carbocycles. The van der Waals surface area contributed by atoms with E-state index in [1.807, 2.05) is 38.5 Å². The van der Waals surface area contributed by atoms with Gasteiger partial charge in [0.05, 0.1) is 6.20 Å². The van der Waals surface area contributed by atoms with E-state index in [0.717, 1.165) is 22.2 Å². The highest BCUT2D eigenvalue weighted by molar-refractivity contribution is 6.33. The Morgan fingerprint density at radius 1 is 1.29 bits per heavy atom. The molecule has 1 aromatic heterocycles. The Morgan fingerprint density at radius 2 is 2.07 bits per heavy atom. The van der Waals surface area contributed by atoms with Crippen LogP contribution < -0.4 is 5.46 Å². The quantitative estimate of drug-likeness (QED) is 0.605. The van der Waals surface area contributed by atoms with Crippen molar-refractivity contribution in [1.82, 2.24) is 9.78 Å². The monoisotopic (exact) mass is 182 g/mol. The number of hydrogen-bond donors (Lipinski definition) is 0. The van der Waals surface area contributed by atoms with Crippen LogP contribution in [0.2, 0.25) is 0 Å². The van der Waals surface area contributed by atoms with Gasteiger partial charge in [0, 0.05) is 18.8 Å². The van der Waals surface area contributed by atoms with Gasteiger partial charge in [-0.25, -0.2) is 0 Å². The predicted octanol–water partition coefficient (Wildman–Crippen LogP) is 1.19. The van der Waals surface area contributed by atoms with Crippen molar-refractivity contribution in [2.75, 3.05) is 0 Å². The molecule has 0 N–H and O–H groups in total. The summed E-state index contributed by atoms with van der Waals surface area (Å²) in [6, 6.07) is 6.06. The molecule has 1 heterocycles. The van der Waals surface area contributed by atoms with Gasteiger partial charge in [-0.05, 0) is 12.5 Å². The Hall–Kier alpha value is -1.51. The van der Waals surface area contributed by atoms with E-state index in [-0.39, 0.29) is 0 Å². The number of aryl methyl sites for hydroxylation is 2. The molecule has 0 atom stereocenters. The van der Waals surface area contributed by atoms with Gasteiger partial charge in [-0.15, -0.1) is 0 Å². The van der Waals surface area contributed by atoms with Crippen molar-refractivity contribution < 1.29 is 0 Å². The summed E-state index contributed by atoms with van der Waals surface area (Å²) in [7, 11) is 7.74. The SMILES string of the molecule is [B]c1cc(-c2cnn(C)c2)ccc1C. The Kier molecular flexibility index (Phi) is 2.16. The van der Waals surface area contributed by atoms with Gasteiger partial charge in [0.15, 0.2) is 0 Å². The van der Waals surface area contributed by atoms with Crippen molar-refractivity contribution in [3.05, 3.63) is 36.2 Å². The lowest BCUT2D eigenvalue weighted by molar-refractivity contribution is 0.768. The normalized spacial score (nSPS) is 10.4. The van der Waals surface area contributed by atoms with Crippen LogP contribution in [0.3, 0.4) is 0 Å². The van der Waals surface area contributed by atoms with E-state index in [2.05, 4.69) is 11.2 Å². The van der Waals surface area contributed by atoms with Crippen LogP contribution in [0.1, 0.15) is 5.56 Å². The Balaban J connectivity index is 2.47. The highest BCUT2D eigenvalue weighted by atomic mass is 15.2. The van der Waals surface area contributed by atoms with E-state index >= 15 is 0 Å². The molecule has 0 unspecified atom stereocenters. The van der Waals surface area contributed by atoms with E-state index in [0.29, 0.717) is 0 Å². The summed E-state index contributed by atoms with van der Waals surface area (Å²) in [5, 5.41) is 4.12. The first-order valence-corrected chi connectivity index (χ1v) is 4.52. The van der Waals surface area contributed by atoms with E-state index < -0.39 is 0 Å². The summed E-state index contributed by atoms with van der Waals surface area (Å²) in [4.78, 5) is 0. The van der Waals surface area contributed by atoms with Gasteiger partial charge in [0.2, 0.25) is 0 Å². The second kappa shape index (κ2) is 3.33. The molecular formula is C11H11BN2. The minimum absolute atomic E-state index is 0.825. The molecule has 3 heteroatoms. The van der Waals surface area contributed by atoms with E-state index in [1.165, 1.54) is 0 Å². The molecule has 0 saturated carbocycles. The Morgan fingerprint density at radius 3 is 2.64 bits per heavy atom. The van der Waals surface area contributed by atoms with Crippen molar-refractivity contribution in [1.29, 1.82) is 0 Å². The first-order valence-electron chi connectivity index (χ1n) is 4.52. The number of benzene rings is 1. The third-order valence-corrected chi connectivity index (χ3v) is 2.32. The smallest absolute Gasteiger partial charge is 0.114 e. The Bertz CT molecular complexity index is 460. The third-order valence-electron chi connectivity index (χ3n) is 2.32. The molecule has 2 nitrogen and oxygen atoms in total. The second-order valence-electron chi connectivity index (χ2n) is 3.47. The molecule has 2 rings (SSSR count). The van der Waals surface area contributed by atoms with Gasteiger partial charge in [0.1, 0.15) is 7.85 Å². The van der Waals surface area contributed by atoms with Gasteiger partial charge in [-0.1, -0.05) is 29.2 Å². The average molecular weight is 182 g/mol. The molecule has 14 heavy (non-hydrogen) atoms. The summed E-state index contributed by atoms with van der Waals surface area (Å²) in [5.41, 5.74) is 4.14. The van der Waals surface area contributed by atoms with E-state index in [9.17, 15) is 0 Å². The fourth-order valence-electron chi connectivity index (χ4n) is 1.39. The third kappa shape index (κ3) is 1.58. The zero-order valence-electron chi connectivity index (χ0n) is 8.36. The van der Waals surface area contributed by atoms with E-state index in [4.69, 9.17) is 7.85 Å². The fourth-order valence-corrected chi connectivity index (χ4v) is 1.39. The maximum absolute atomic E-state index is 5.84. The minimum atomic E-state index is 0.825. The lowest BCUT2D eigenvalue weighted by Gasteiger charge is -2.02. The molecule has 0 bridgehead atoms. The molecule has 68 valence electrons. The fraction of sp³-hybridized carbons (Fsp3) is 0.182. The molecule has 0 saturated heterocycles. The van der Waals surface area contributed by atoms with Crippen LogP contribution in [0.15, 0.2) is 30.6 Å². The molecule has 2 aromatic rings. The second-order valence-corrected chi connectivity index (χ2v) is 3.47. The molecule has 0 amide bonds. The maximum atomic E-state index is 5.84. The van der Waals surface area contributed by atoms with Gasteiger partial charge < -0.3 is 0 Å². The van der Waals surface area contributed by atoms with E-state index in [1.54, 1.807) is 4.68 Å². The van der Waals surface area contributed by atoms with Gasteiger partial charge >= 0.3 is 0 Å². The van der Waals surface area contributed by atoms with Crippen LogP contribution in [0.25, 0.3) is 11.1 Å². The largest absolute Gasteiger partial charge is 0.275 e. The number of nitrogens with zero attached hydrogens (tertiary/aromatic N) is 2. The summed E-state index contributed by atoms with van der Waals surface area (Å²) >= 11 is 0. The summed E-state index contributed by atoms with van der Waals surface area (Å²) in [6.45, 7) is 2.00. The standard InChI is InChI=1S/C11H11BN2/c1-8-3-4-9(5-11(8)12)10-6-13-14(2)7-10/h3-7H,1-2H3. The number of aromatic nitrogens is 2. The van der Waals surface area contributed by atoms with Crippen LogP contribution in [0, 0.1) is 6.92 Å². The van der Waals surface area contributed by atoms with Crippen LogP contribution in [-0.2, 0) is 7.05 Å². The lowest BCUT2D eigenvalue weighted by atomic mass is 9.89. The predicted molar refractivity (Wildman–Crippen MR) is 58.8 cm³/mol. The van der Waals surface area contributed by atoms with Crippen molar-refractivity contribution in [3.8, 4) is 11.1 Å². The molecule has 0 aliphatic heterocycles. The highest BCUT2D eigenvalue weighted by Crippen LogP contribution is 2.16. The minimum Gasteiger partial charge on any atom is -0.275 e. The van der Waals surface area contributed by atoms with Crippen molar-refractivity contribution in [2.24, 2.45) is 7.05 Å². The zero-order valence-corrected chi connectivity index (χ0v) is 8.36. The lowest BCUT2D eigenvalue weighted by Crippen LogP contribution is -2.06. The average Bonchev–Trinajstić information content (AvgIpc) is 2.57. The molecule has 2 radical (unpaired) electrons. The highest BCUT2D eigenvalue weighted by Gasteiger charge is 2.00. The van der Waals surface area contributed by atoms with Gasteiger partial charge in [-0.2, -0.15) is 5.10 Å². The summed E-state index contributed by atoms with van der Waals surface area (Å²) in [5.74, 6) is 0. The van der Waals surface area contributed by atoms with Crippen LogP contribution in [0.4, 0.5) is 0 Å². The van der Waals surface area contributed by atoms with Gasteiger partial charge in [0.25, 0.3) is 0 Å². The molecule has 0 fully saturated rings. The number of rotatable bonds is 1. The topological polar surface area (TPSA) is 17.8 Å². The van der Waals surface area contributed by atoms with Crippen molar-refractivity contribution in [2.45, 2.75) is 6.92 Å². The maximum Gasteiger partial charge on any atom is 0.114 e. The van der Waals surface area contributed by atoms with Gasteiger partial charge in [-0.3, -0.25) is 4.68 Å². The number of hydrogen-bond acceptors (Lipinski definition) is 1. The van der Waals surface area contributed by atoms with Crippen molar-refractivity contribution in [3.63, 3.8) is 0 Å². The molecular weight excluding hydrogens is 171 g/mol. The molecule has 0 aliphatic carbocycles. The first-order chi connectivity index (χ1) is 6.66. The summed E-state index contributed by atoms with van der Waals surface area (Å²) < 4.78 is 1.78. The summed E-state index contributed by atoms with van der Waals surface area (Å²) in [6.07, 6.45) is 3.81. The molecule has 0 aliphatic rings. The Labute approximate surface area is 85.0 Å².